The zero-order valence-corrected chi connectivity index (χ0v) is 14.5. The number of fused-ring (bicyclic) bond motifs is 2. The molecule has 0 radical (unpaired) electrons. The summed E-state index contributed by atoms with van der Waals surface area (Å²) in [6, 6.07) is 0. The van der Waals surface area contributed by atoms with E-state index in [1.807, 2.05) is 41.5 Å². The fraction of sp³-hybridized carbons (Fsp3) is 0.882. The number of esters is 2. The predicted molar refractivity (Wildman–Crippen MR) is 81.2 cm³/mol. The quantitative estimate of drug-likeness (QED) is 0.747. The molecule has 2 aliphatic rings. The van der Waals surface area contributed by atoms with Crippen molar-refractivity contribution >= 4 is 11.9 Å². The molecule has 0 aromatic carbocycles. The van der Waals surface area contributed by atoms with Gasteiger partial charge in [-0.2, -0.15) is 0 Å². The van der Waals surface area contributed by atoms with Crippen LogP contribution in [-0.2, 0) is 23.8 Å². The molecule has 4 unspecified atom stereocenters. The van der Waals surface area contributed by atoms with Crippen molar-refractivity contribution in [2.45, 2.75) is 84.7 Å². The Kier molecular flexibility index (Phi) is 4.58. The van der Waals surface area contributed by atoms with E-state index in [0.29, 0.717) is 19.3 Å². The van der Waals surface area contributed by atoms with E-state index in [-0.39, 0.29) is 36.2 Å². The number of hydrogen-bond donors (Lipinski definition) is 0. The lowest BCUT2D eigenvalue weighted by atomic mass is 9.86. The first kappa shape index (κ1) is 17.3. The minimum Gasteiger partial charge on any atom is -0.460 e. The lowest BCUT2D eigenvalue weighted by Gasteiger charge is -2.30. The minimum atomic E-state index is -0.519. The molecule has 0 aromatic heterocycles. The summed E-state index contributed by atoms with van der Waals surface area (Å²) in [7, 11) is 0. The summed E-state index contributed by atoms with van der Waals surface area (Å²) >= 11 is 0. The van der Waals surface area contributed by atoms with Crippen molar-refractivity contribution < 1.29 is 23.8 Å². The first-order chi connectivity index (χ1) is 10.0. The van der Waals surface area contributed by atoms with Crippen LogP contribution in [0.25, 0.3) is 0 Å². The van der Waals surface area contributed by atoms with Crippen molar-refractivity contribution in [3.8, 4) is 0 Å². The Hall–Kier alpha value is -1.10. The van der Waals surface area contributed by atoms with E-state index in [2.05, 4.69) is 0 Å². The highest BCUT2D eigenvalue weighted by atomic mass is 16.6. The third-order valence-corrected chi connectivity index (χ3v) is 4.53. The van der Waals surface area contributed by atoms with Crippen molar-refractivity contribution in [1.82, 2.24) is 0 Å². The normalized spacial score (nSPS) is 31.2. The molecule has 2 fully saturated rings. The van der Waals surface area contributed by atoms with Gasteiger partial charge in [0, 0.05) is 6.42 Å². The molecule has 0 aromatic rings. The SMILES string of the molecule is CCC(C)(C)C(=O)OC1CC2CC(C(=O)OC(C)(C)C)C1O2. The maximum absolute atomic E-state index is 12.3. The summed E-state index contributed by atoms with van der Waals surface area (Å²) in [6.07, 6.45) is 1.33. The number of carbonyl (C=O) groups excluding carboxylic acids is 2. The summed E-state index contributed by atoms with van der Waals surface area (Å²) in [5, 5.41) is 0. The van der Waals surface area contributed by atoms with Crippen molar-refractivity contribution in [2.24, 2.45) is 11.3 Å². The summed E-state index contributed by atoms with van der Waals surface area (Å²) in [5.74, 6) is -0.810. The second-order valence-corrected chi connectivity index (χ2v) is 8.02. The molecule has 22 heavy (non-hydrogen) atoms. The molecule has 5 heteroatoms. The molecular formula is C17H28O5. The first-order valence-electron chi connectivity index (χ1n) is 8.13. The van der Waals surface area contributed by atoms with Gasteiger partial charge in [-0.25, -0.2) is 0 Å². The predicted octanol–water partition coefficient (Wildman–Crippen LogP) is 2.85. The van der Waals surface area contributed by atoms with Gasteiger partial charge in [0.05, 0.1) is 17.4 Å². The average Bonchev–Trinajstić information content (AvgIpc) is 2.96. The molecule has 0 aliphatic carbocycles. The summed E-state index contributed by atoms with van der Waals surface area (Å²) in [4.78, 5) is 24.5. The van der Waals surface area contributed by atoms with Crippen LogP contribution in [0.5, 0.6) is 0 Å². The monoisotopic (exact) mass is 312 g/mol. The van der Waals surface area contributed by atoms with Gasteiger partial charge in [-0.15, -0.1) is 0 Å². The zero-order chi connectivity index (χ0) is 16.7. The van der Waals surface area contributed by atoms with Gasteiger partial charge in [0.15, 0.2) is 0 Å². The van der Waals surface area contributed by atoms with Crippen LogP contribution < -0.4 is 0 Å². The highest BCUT2D eigenvalue weighted by Gasteiger charge is 2.53. The molecule has 2 aliphatic heterocycles. The Morgan fingerprint density at radius 1 is 1.14 bits per heavy atom. The number of rotatable bonds is 4. The minimum absolute atomic E-state index is 0.00921. The van der Waals surface area contributed by atoms with Crippen LogP contribution in [0.3, 0.4) is 0 Å². The maximum Gasteiger partial charge on any atom is 0.312 e. The number of carbonyl (C=O) groups is 2. The van der Waals surface area contributed by atoms with Gasteiger partial charge < -0.3 is 14.2 Å². The Morgan fingerprint density at radius 3 is 2.27 bits per heavy atom. The van der Waals surface area contributed by atoms with Gasteiger partial charge in [0.1, 0.15) is 17.8 Å². The van der Waals surface area contributed by atoms with E-state index in [9.17, 15) is 9.59 Å². The van der Waals surface area contributed by atoms with Gasteiger partial charge in [-0.05, 0) is 47.5 Å². The summed E-state index contributed by atoms with van der Waals surface area (Å²) < 4.78 is 16.9. The van der Waals surface area contributed by atoms with E-state index in [1.165, 1.54) is 0 Å². The molecule has 2 rings (SSSR count). The fourth-order valence-electron chi connectivity index (χ4n) is 2.85. The van der Waals surface area contributed by atoms with Crippen molar-refractivity contribution in [1.29, 1.82) is 0 Å². The lowest BCUT2D eigenvalue weighted by molar-refractivity contribution is -0.171. The molecule has 2 bridgehead atoms. The Morgan fingerprint density at radius 2 is 1.77 bits per heavy atom. The zero-order valence-electron chi connectivity index (χ0n) is 14.5. The van der Waals surface area contributed by atoms with Crippen LogP contribution in [0.2, 0.25) is 0 Å². The lowest BCUT2D eigenvalue weighted by Crippen LogP contribution is -2.42. The smallest absolute Gasteiger partial charge is 0.312 e. The fourth-order valence-corrected chi connectivity index (χ4v) is 2.85. The van der Waals surface area contributed by atoms with Crippen LogP contribution in [-0.4, -0.2) is 35.9 Å². The standard InChI is InChI=1S/C17H28O5/c1-7-17(5,6)15(19)21-12-9-10-8-11(13(12)20-10)14(18)22-16(2,3)4/h10-13H,7-9H2,1-6H3. The Labute approximate surface area is 132 Å². The van der Waals surface area contributed by atoms with E-state index >= 15 is 0 Å². The highest BCUT2D eigenvalue weighted by Crippen LogP contribution is 2.42. The molecule has 5 nitrogen and oxygen atoms in total. The van der Waals surface area contributed by atoms with Crippen LogP contribution in [0.1, 0.15) is 60.8 Å². The van der Waals surface area contributed by atoms with E-state index in [4.69, 9.17) is 14.2 Å². The third kappa shape index (κ3) is 3.62. The average molecular weight is 312 g/mol. The summed E-state index contributed by atoms with van der Waals surface area (Å²) in [5.41, 5.74) is -1.03. The molecule has 2 heterocycles. The topological polar surface area (TPSA) is 61.8 Å². The number of ether oxygens (including phenoxy) is 3. The van der Waals surface area contributed by atoms with Gasteiger partial charge in [-0.3, -0.25) is 9.59 Å². The van der Waals surface area contributed by atoms with Gasteiger partial charge in [0.2, 0.25) is 0 Å². The molecule has 0 N–H and O–H groups in total. The van der Waals surface area contributed by atoms with Gasteiger partial charge >= 0.3 is 11.9 Å². The van der Waals surface area contributed by atoms with Crippen LogP contribution in [0.4, 0.5) is 0 Å². The van der Waals surface area contributed by atoms with Crippen molar-refractivity contribution in [2.75, 3.05) is 0 Å². The van der Waals surface area contributed by atoms with E-state index in [1.54, 1.807) is 0 Å². The number of hydrogen-bond acceptors (Lipinski definition) is 5. The molecule has 0 amide bonds. The van der Waals surface area contributed by atoms with E-state index < -0.39 is 11.0 Å². The van der Waals surface area contributed by atoms with Crippen LogP contribution >= 0.6 is 0 Å². The van der Waals surface area contributed by atoms with Crippen molar-refractivity contribution in [3.63, 3.8) is 0 Å². The largest absolute Gasteiger partial charge is 0.460 e. The highest BCUT2D eigenvalue weighted by molar-refractivity contribution is 5.77. The van der Waals surface area contributed by atoms with Crippen molar-refractivity contribution in [3.05, 3.63) is 0 Å². The molecular weight excluding hydrogens is 284 g/mol. The van der Waals surface area contributed by atoms with Crippen LogP contribution in [0, 0.1) is 11.3 Å². The Balaban J connectivity index is 2.00. The van der Waals surface area contributed by atoms with E-state index in [0.717, 1.165) is 0 Å². The van der Waals surface area contributed by atoms with Crippen LogP contribution in [0.15, 0.2) is 0 Å². The van der Waals surface area contributed by atoms with Gasteiger partial charge in [0.25, 0.3) is 0 Å². The second-order valence-electron chi connectivity index (χ2n) is 8.02. The second kappa shape index (κ2) is 5.84. The molecule has 4 atom stereocenters. The first-order valence-corrected chi connectivity index (χ1v) is 8.13. The molecule has 2 saturated heterocycles. The molecule has 0 saturated carbocycles. The molecule has 0 spiro atoms. The maximum atomic E-state index is 12.3. The summed E-state index contributed by atoms with van der Waals surface area (Å²) in [6.45, 7) is 11.2. The van der Waals surface area contributed by atoms with Gasteiger partial charge in [-0.1, -0.05) is 6.92 Å². The third-order valence-electron chi connectivity index (χ3n) is 4.53. The molecule has 126 valence electrons. The Bertz CT molecular complexity index is 448.